The predicted molar refractivity (Wildman–Crippen MR) is 136 cm³/mol. The van der Waals surface area contributed by atoms with Crippen molar-refractivity contribution in [3.8, 4) is 0 Å². The highest BCUT2D eigenvalue weighted by Crippen LogP contribution is 2.41. The van der Waals surface area contributed by atoms with Crippen LogP contribution in [0.1, 0.15) is 58.1 Å². The number of rotatable bonds is 5. The molecule has 34 heavy (non-hydrogen) atoms. The molecule has 1 N–H and O–H groups in total. The van der Waals surface area contributed by atoms with Gasteiger partial charge < -0.3 is 19.5 Å². The molecular formula is C26H29Cl2N3O3. The number of carbonyl (C=O) groups is 1. The van der Waals surface area contributed by atoms with Crippen LogP contribution >= 0.6 is 23.2 Å². The number of hydrogen-bond acceptors (Lipinski definition) is 4. The van der Waals surface area contributed by atoms with Gasteiger partial charge in [-0.15, -0.1) is 0 Å². The number of ether oxygens (including phenoxy) is 1. The summed E-state index contributed by atoms with van der Waals surface area (Å²) in [6.45, 7) is 6.94. The molecule has 8 heteroatoms. The minimum absolute atomic E-state index is 0.131. The number of fused-ring (bicyclic) bond motifs is 2. The number of nitrogens with one attached hydrogen (secondary N) is 1. The topological polar surface area (TPSA) is 65.6 Å². The zero-order valence-corrected chi connectivity index (χ0v) is 21.1. The highest BCUT2D eigenvalue weighted by molar-refractivity contribution is 6.39. The molecule has 1 aromatic carbocycles. The van der Waals surface area contributed by atoms with Crippen LogP contribution in [-0.2, 0) is 24.1 Å². The summed E-state index contributed by atoms with van der Waals surface area (Å²) in [5, 5.41) is 1.03. The van der Waals surface area contributed by atoms with Gasteiger partial charge in [0.1, 0.15) is 0 Å². The molecule has 2 aliphatic heterocycles. The van der Waals surface area contributed by atoms with Gasteiger partial charge in [-0.25, -0.2) is 0 Å². The van der Waals surface area contributed by atoms with Crippen molar-refractivity contribution in [3.63, 3.8) is 0 Å². The lowest BCUT2D eigenvalue weighted by atomic mass is 9.95. The number of allylic oxidation sites excluding steroid dienone is 1. The molecule has 180 valence electrons. The van der Waals surface area contributed by atoms with Crippen molar-refractivity contribution in [1.82, 2.24) is 9.88 Å². The normalized spacial score (nSPS) is 17.8. The fourth-order valence-electron chi connectivity index (χ4n) is 5.56. The second-order valence-corrected chi connectivity index (χ2v) is 9.99. The lowest BCUT2D eigenvalue weighted by molar-refractivity contribution is 0.0726. The van der Waals surface area contributed by atoms with Crippen molar-refractivity contribution in [1.29, 1.82) is 0 Å². The summed E-state index contributed by atoms with van der Waals surface area (Å²) in [6, 6.07) is 2.20. The van der Waals surface area contributed by atoms with Crippen LogP contribution in [0, 0.1) is 6.92 Å². The Balaban J connectivity index is 1.50. The summed E-state index contributed by atoms with van der Waals surface area (Å²) in [7, 11) is 0. The average Bonchev–Trinajstić information content (AvgIpc) is 3.32. The van der Waals surface area contributed by atoms with Gasteiger partial charge in [0.25, 0.3) is 11.5 Å². The van der Waals surface area contributed by atoms with Crippen LogP contribution in [0.15, 0.2) is 16.9 Å². The first-order valence-corrected chi connectivity index (χ1v) is 12.7. The first-order valence-electron chi connectivity index (χ1n) is 12.0. The summed E-state index contributed by atoms with van der Waals surface area (Å²) >= 11 is 13.7. The van der Waals surface area contributed by atoms with E-state index >= 15 is 0 Å². The summed E-state index contributed by atoms with van der Waals surface area (Å²) in [5.74, 6) is -0.169. The number of aryl methyl sites for hydroxylation is 1. The van der Waals surface area contributed by atoms with Crippen LogP contribution < -0.4 is 10.5 Å². The third-order valence-electron chi connectivity index (χ3n) is 7.34. The zero-order valence-electron chi connectivity index (χ0n) is 19.5. The first kappa shape index (κ1) is 23.5. The molecule has 1 aromatic heterocycles. The van der Waals surface area contributed by atoms with E-state index in [0.29, 0.717) is 59.8 Å². The number of aromatic amines is 1. The molecule has 0 atom stereocenters. The number of anilines is 1. The Morgan fingerprint density at radius 2 is 1.97 bits per heavy atom. The van der Waals surface area contributed by atoms with E-state index in [1.54, 1.807) is 4.90 Å². The molecule has 0 unspecified atom stereocenters. The van der Waals surface area contributed by atoms with E-state index < -0.39 is 0 Å². The minimum atomic E-state index is -0.169. The summed E-state index contributed by atoms with van der Waals surface area (Å²) in [6.07, 6.45) is 7.23. The molecule has 0 bridgehead atoms. The Morgan fingerprint density at radius 3 is 2.71 bits per heavy atom. The van der Waals surface area contributed by atoms with Gasteiger partial charge in [0.2, 0.25) is 0 Å². The second-order valence-electron chi connectivity index (χ2n) is 9.21. The van der Waals surface area contributed by atoms with Crippen molar-refractivity contribution in [2.45, 2.75) is 52.1 Å². The molecule has 3 heterocycles. The van der Waals surface area contributed by atoms with Gasteiger partial charge in [0.05, 0.1) is 22.8 Å². The maximum atomic E-state index is 13.7. The number of halogens is 2. The van der Waals surface area contributed by atoms with Gasteiger partial charge in [-0.05, 0) is 62.3 Å². The lowest BCUT2D eigenvalue weighted by Crippen LogP contribution is -2.41. The quantitative estimate of drug-likeness (QED) is 0.640. The number of pyridine rings is 1. The van der Waals surface area contributed by atoms with Crippen LogP contribution in [-0.4, -0.2) is 48.1 Å². The van der Waals surface area contributed by atoms with E-state index in [1.807, 2.05) is 19.1 Å². The summed E-state index contributed by atoms with van der Waals surface area (Å²) in [4.78, 5) is 33.5. The van der Waals surface area contributed by atoms with Crippen LogP contribution in [0.25, 0.3) is 6.08 Å². The molecule has 0 saturated carbocycles. The fraction of sp³-hybridized carbons (Fsp3) is 0.462. The molecule has 1 saturated heterocycles. The van der Waals surface area contributed by atoms with E-state index in [0.717, 1.165) is 47.5 Å². The van der Waals surface area contributed by atoms with Crippen molar-refractivity contribution in [3.05, 3.63) is 66.1 Å². The van der Waals surface area contributed by atoms with Crippen molar-refractivity contribution in [2.24, 2.45) is 0 Å². The lowest BCUT2D eigenvalue weighted by Gasteiger charge is -2.37. The van der Waals surface area contributed by atoms with Crippen molar-refractivity contribution >= 4 is 40.9 Å². The molecule has 0 radical (unpaired) electrons. The molecule has 3 aliphatic rings. The summed E-state index contributed by atoms with van der Waals surface area (Å²) in [5.41, 5.74) is 5.51. The van der Waals surface area contributed by atoms with Crippen LogP contribution in [0.5, 0.6) is 0 Å². The molecule has 0 spiro atoms. The second kappa shape index (κ2) is 9.40. The van der Waals surface area contributed by atoms with Gasteiger partial charge in [-0.3, -0.25) is 9.59 Å². The molecule has 2 aromatic rings. The van der Waals surface area contributed by atoms with Gasteiger partial charge in [-0.1, -0.05) is 35.4 Å². The summed E-state index contributed by atoms with van der Waals surface area (Å²) < 4.78 is 5.53. The van der Waals surface area contributed by atoms with Crippen LogP contribution in [0.3, 0.4) is 0 Å². The van der Waals surface area contributed by atoms with Gasteiger partial charge >= 0.3 is 0 Å². The monoisotopic (exact) mass is 501 g/mol. The van der Waals surface area contributed by atoms with E-state index in [2.05, 4.69) is 22.9 Å². The minimum Gasteiger partial charge on any atom is -0.381 e. The van der Waals surface area contributed by atoms with E-state index in [1.165, 1.54) is 0 Å². The predicted octanol–water partition coefficient (Wildman–Crippen LogP) is 4.76. The Morgan fingerprint density at radius 1 is 1.21 bits per heavy atom. The number of nitrogens with zero attached hydrogens (tertiary/aromatic N) is 2. The number of aromatic nitrogens is 1. The van der Waals surface area contributed by atoms with Crippen molar-refractivity contribution in [2.75, 3.05) is 31.2 Å². The maximum Gasteiger partial charge on any atom is 0.256 e. The number of amides is 1. The van der Waals surface area contributed by atoms with E-state index in [9.17, 15) is 9.59 Å². The first-order chi connectivity index (χ1) is 16.4. The number of hydrogen-bond donors (Lipinski definition) is 1. The van der Waals surface area contributed by atoms with Crippen molar-refractivity contribution < 1.29 is 9.53 Å². The fourth-order valence-corrected chi connectivity index (χ4v) is 6.21. The molecule has 1 aliphatic carbocycles. The standard InChI is InChI=1S/C26H29Cl2N3O3/c1-3-31(16-8-11-34-12-9-16)22-13-21(27)19-7-10-30(26(33)23(19)24(22)28)14-20-18-6-4-5-17(18)15(2)29-25(20)32/h4-5,13,16H,3,6-12,14H2,1-2H3,(H,29,32). The Labute approximate surface area is 209 Å². The number of H-pyrrole nitrogens is 1. The molecule has 6 nitrogen and oxygen atoms in total. The molecule has 1 fully saturated rings. The van der Waals surface area contributed by atoms with Gasteiger partial charge in [0.15, 0.2) is 0 Å². The van der Waals surface area contributed by atoms with Gasteiger partial charge in [0, 0.05) is 48.6 Å². The third kappa shape index (κ3) is 3.96. The van der Waals surface area contributed by atoms with E-state index in [4.69, 9.17) is 27.9 Å². The van der Waals surface area contributed by atoms with E-state index in [-0.39, 0.29) is 18.0 Å². The molecular weight excluding hydrogens is 473 g/mol. The maximum absolute atomic E-state index is 13.7. The SMILES string of the molecule is CCN(c1cc(Cl)c2c(c1Cl)C(=O)N(Cc1c3c(c(C)[nH]c1=O)C=CC3)CC2)C1CCOCC1. The largest absolute Gasteiger partial charge is 0.381 e. The third-order valence-corrected chi connectivity index (χ3v) is 8.06. The zero-order chi connectivity index (χ0) is 24.0. The van der Waals surface area contributed by atoms with Crippen LogP contribution in [0.4, 0.5) is 5.69 Å². The molecule has 1 amide bonds. The highest BCUT2D eigenvalue weighted by Gasteiger charge is 2.33. The Hall–Kier alpha value is -2.28. The number of benzene rings is 1. The highest BCUT2D eigenvalue weighted by atomic mass is 35.5. The Bertz CT molecular complexity index is 1230. The Kier molecular flexibility index (Phi) is 6.49. The smallest absolute Gasteiger partial charge is 0.256 e. The number of carbonyl (C=O) groups excluding carboxylic acids is 1. The van der Waals surface area contributed by atoms with Gasteiger partial charge in [-0.2, -0.15) is 0 Å². The average molecular weight is 502 g/mol. The van der Waals surface area contributed by atoms with Crippen LogP contribution in [0.2, 0.25) is 10.0 Å². The molecule has 5 rings (SSSR count).